The van der Waals surface area contributed by atoms with Gasteiger partial charge < -0.3 is 5.32 Å². The van der Waals surface area contributed by atoms with E-state index in [1.807, 2.05) is 48.1 Å². The third-order valence-electron chi connectivity index (χ3n) is 3.65. The Morgan fingerprint density at radius 3 is 2.45 bits per heavy atom. The van der Waals surface area contributed by atoms with Crippen LogP contribution in [0, 0.1) is 0 Å². The quantitative estimate of drug-likeness (QED) is 0.729. The van der Waals surface area contributed by atoms with Crippen molar-refractivity contribution < 1.29 is 9.36 Å². The average Bonchev–Trinajstić information content (AvgIpc) is 2.55. The lowest BCUT2D eigenvalue weighted by atomic mass is 10.1. The van der Waals surface area contributed by atoms with E-state index in [0.717, 1.165) is 16.5 Å². The van der Waals surface area contributed by atoms with Crippen molar-refractivity contribution in [1.29, 1.82) is 0 Å². The van der Waals surface area contributed by atoms with Gasteiger partial charge in [0.05, 0.1) is 0 Å². The lowest BCUT2D eigenvalue weighted by molar-refractivity contribution is -0.704. The fourth-order valence-electron chi connectivity index (χ4n) is 2.31. The molecule has 1 atom stereocenters. The highest BCUT2D eigenvalue weighted by atomic mass is 35.5. The van der Waals surface area contributed by atoms with Crippen LogP contribution in [0.25, 0.3) is 10.8 Å². The van der Waals surface area contributed by atoms with Crippen LogP contribution in [0.1, 0.15) is 13.0 Å². The highest BCUT2D eigenvalue weighted by Gasteiger charge is 2.22. The van der Waals surface area contributed by atoms with Gasteiger partial charge in [-0.15, -0.1) is 0 Å². The minimum absolute atomic E-state index is 0.0670. The first-order valence-electron chi connectivity index (χ1n) is 7.09. The molecule has 0 spiro atoms. The number of rotatable bonds is 3. The summed E-state index contributed by atoms with van der Waals surface area (Å²) in [5.74, 6) is -0.0670. The van der Waals surface area contributed by atoms with Crippen LogP contribution in [0.2, 0.25) is 5.02 Å². The lowest BCUT2D eigenvalue weighted by Gasteiger charge is -2.09. The maximum Gasteiger partial charge on any atom is 0.293 e. The summed E-state index contributed by atoms with van der Waals surface area (Å²) in [4.78, 5) is 12.4. The van der Waals surface area contributed by atoms with E-state index >= 15 is 0 Å². The van der Waals surface area contributed by atoms with E-state index in [1.54, 1.807) is 24.3 Å². The van der Waals surface area contributed by atoms with Crippen molar-refractivity contribution in [2.24, 2.45) is 0 Å². The number of hydrogen-bond donors (Lipinski definition) is 1. The van der Waals surface area contributed by atoms with Crippen molar-refractivity contribution in [2.45, 2.75) is 13.0 Å². The molecular weight excluding hydrogens is 296 g/mol. The third-order valence-corrected chi connectivity index (χ3v) is 3.90. The maximum absolute atomic E-state index is 12.4. The first-order chi connectivity index (χ1) is 10.6. The molecular formula is C18H16ClN2O+. The van der Waals surface area contributed by atoms with Crippen LogP contribution in [0.3, 0.4) is 0 Å². The van der Waals surface area contributed by atoms with Gasteiger partial charge in [0.15, 0.2) is 12.4 Å². The Kier molecular flexibility index (Phi) is 4.07. The molecule has 0 aliphatic carbocycles. The molecule has 0 aliphatic rings. The van der Waals surface area contributed by atoms with E-state index < -0.39 is 0 Å². The summed E-state index contributed by atoms with van der Waals surface area (Å²) in [6.07, 6.45) is 3.91. The Morgan fingerprint density at radius 2 is 1.73 bits per heavy atom. The van der Waals surface area contributed by atoms with Crippen LogP contribution in [-0.4, -0.2) is 5.91 Å². The van der Waals surface area contributed by atoms with Crippen LogP contribution in [0.4, 0.5) is 5.69 Å². The van der Waals surface area contributed by atoms with E-state index in [4.69, 9.17) is 11.6 Å². The van der Waals surface area contributed by atoms with Gasteiger partial charge in [-0.2, -0.15) is 4.57 Å². The van der Waals surface area contributed by atoms with Crippen LogP contribution in [0.15, 0.2) is 67.0 Å². The number of pyridine rings is 1. The molecule has 0 aliphatic heterocycles. The molecule has 3 rings (SSSR count). The van der Waals surface area contributed by atoms with Crippen molar-refractivity contribution in [3.63, 3.8) is 0 Å². The first kappa shape index (κ1) is 14.5. The number of nitrogens with zero attached hydrogens (tertiary/aromatic N) is 1. The summed E-state index contributed by atoms with van der Waals surface area (Å²) in [5, 5.41) is 5.81. The topological polar surface area (TPSA) is 33.0 Å². The van der Waals surface area contributed by atoms with Gasteiger partial charge in [-0.25, -0.2) is 0 Å². The Labute approximate surface area is 134 Å². The summed E-state index contributed by atoms with van der Waals surface area (Å²) >= 11 is 5.85. The number of aromatic nitrogens is 1. The summed E-state index contributed by atoms with van der Waals surface area (Å²) in [7, 11) is 0. The number of carbonyl (C=O) groups is 1. The first-order valence-corrected chi connectivity index (χ1v) is 7.47. The summed E-state index contributed by atoms with van der Waals surface area (Å²) < 4.78 is 1.91. The molecule has 22 heavy (non-hydrogen) atoms. The highest BCUT2D eigenvalue weighted by molar-refractivity contribution is 6.30. The summed E-state index contributed by atoms with van der Waals surface area (Å²) in [5.41, 5.74) is 0.739. The van der Waals surface area contributed by atoms with Gasteiger partial charge in [-0.1, -0.05) is 29.8 Å². The van der Waals surface area contributed by atoms with Crippen molar-refractivity contribution in [2.75, 3.05) is 5.32 Å². The van der Waals surface area contributed by atoms with Crippen LogP contribution >= 0.6 is 11.6 Å². The predicted octanol–water partition coefficient (Wildman–Crippen LogP) is 3.98. The molecule has 3 aromatic rings. The maximum atomic E-state index is 12.4. The molecule has 110 valence electrons. The van der Waals surface area contributed by atoms with Gasteiger partial charge in [-0.3, -0.25) is 4.79 Å². The third kappa shape index (κ3) is 3.10. The van der Waals surface area contributed by atoms with E-state index in [1.165, 1.54) is 0 Å². The fourth-order valence-corrected chi connectivity index (χ4v) is 2.43. The number of anilines is 1. The Hall–Kier alpha value is -2.39. The molecule has 1 heterocycles. The molecule has 0 radical (unpaired) electrons. The number of halogens is 1. The number of carbonyl (C=O) groups excluding carboxylic acids is 1. The number of benzene rings is 2. The minimum atomic E-state index is -0.305. The molecule has 0 fully saturated rings. The standard InChI is InChI=1S/C18H15ClN2O/c1-13(18(22)20-17-8-6-16(19)7-9-17)21-11-10-14-4-2-3-5-15(14)12-21/h2-13H,1H3/p+1/t13-/m1/s1. The van der Waals surface area contributed by atoms with E-state index in [-0.39, 0.29) is 11.9 Å². The van der Waals surface area contributed by atoms with Crippen molar-refractivity contribution in [3.8, 4) is 0 Å². The zero-order valence-electron chi connectivity index (χ0n) is 12.2. The van der Waals surface area contributed by atoms with Gasteiger partial charge in [0.25, 0.3) is 5.91 Å². The zero-order valence-corrected chi connectivity index (χ0v) is 12.9. The second kappa shape index (κ2) is 6.16. The van der Waals surface area contributed by atoms with E-state index in [0.29, 0.717) is 5.02 Å². The minimum Gasteiger partial charge on any atom is -0.320 e. The Morgan fingerprint density at radius 1 is 1.05 bits per heavy atom. The monoisotopic (exact) mass is 311 g/mol. The second-order valence-electron chi connectivity index (χ2n) is 5.19. The molecule has 0 bridgehead atoms. The SMILES string of the molecule is C[C@H](C(=O)Nc1ccc(Cl)cc1)[n+]1ccc2ccccc2c1. The molecule has 3 nitrogen and oxygen atoms in total. The number of nitrogens with one attached hydrogen (secondary N) is 1. The second-order valence-corrected chi connectivity index (χ2v) is 5.63. The average molecular weight is 312 g/mol. The van der Waals surface area contributed by atoms with Gasteiger partial charge in [0.2, 0.25) is 6.04 Å². The molecule has 2 aromatic carbocycles. The number of hydrogen-bond acceptors (Lipinski definition) is 1. The van der Waals surface area contributed by atoms with Crippen LogP contribution < -0.4 is 9.88 Å². The fraction of sp³-hybridized carbons (Fsp3) is 0.111. The van der Waals surface area contributed by atoms with Crippen LogP contribution in [0.5, 0.6) is 0 Å². The van der Waals surface area contributed by atoms with Crippen LogP contribution in [-0.2, 0) is 4.79 Å². The molecule has 1 amide bonds. The predicted molar refractivity (Wildman–Crippen MR) is 88.9 cm³/mol. The summed E-state index contributed by atoms with van der Waals surface area (Å²) in [6, 6.07) is 16.9. The smallest absolute Gasteiger partial charge is 0.293 e. The number of fused-ring (bicyclic) bond motifs is 1. The normalized spacial score (nSPS) is 12.1. The molecule has 0 unspecified atom stereocenters. The Balaban J connectivity index is 1.80. The summed E-state index contributed by atoms with van der Waals surface area (Å²) in [6.45, 7) is 1.88. The molecule has 1 N–H and O–H groups in total. The Bertz CT molecular complexity index is 815. The van der Waals surface area contributed by atoms with Gasteiger partial charge in [0.1, 0.15) is 0 Å². The van der Waals surface area contributed by atoms with Gasteiger partial charge in [-0.05, 0) is 35.7 Å². The van der Waals surface area contributed by atoms with Crippen molar-refractivity contribution >= 4 is 34.0 Å². The van der Waals surface area contributed by atoms with E-state index in [2.05, 4.69) is 11.4 Å². The highest BCUT2D eigenvalue weighted by Crippen LogP contribution is 2.15. The molecule has 4 heteroatoms. The zero-order chi connectivity index (χ0) is 15.5. The molecule has 0 saturated heterocycles. The van der Waals surface area contributed by atoms with E-state index in [9.17, 15) is 4.79 Å². The number of amides is 1. The van der Waals surface area contributed by atoms with Crippen molar-refractivity contribution in [3.05, 3.63) is 72.0 Å². The van der Waals surface area contributed by atoms with Crippen molar-refractivity contribution in [1.82, 2.24) is 0 Å². The lowest BCUT2D eigenvalue weighted by Crippen LogP contribution is -2.44. The molecule has 1 aromatic heterocycles. The van der Waals surface area contributed by atoms with Gasteiger partial charge >= 0.3 is 0 Å². The van der Waals surface area contributed by atoms with Gasteiger partial charge in [0, 0.05) is 29.1 Å². The molecule has 0 saturated carbocycles. The largest absolute Gasteiger partial charge is 0.320 e.